The molecule has 180 valence electrons. The Balaban J connectivity index is 1.15. The summed E-state index contributed by atoms with van der Waals surface area (Å²) in [6.07, 6.45) is 3.75. The number of hydrogen-bond acceptors (Lipinski definition) is 7. The number of methoxy groups -OCH3 is 1. The summed E-state index contributed by atoms with van der Waals surface area (Å²) in [6, 6.07) is 8.27. The third-order valence-corrected chi connectivity index (χ3v) is 6.54. The number of nitrogens with one attached hydrogen (secondary N) is 1. The number of ether oxygens (including phenoxy) is 3. The highest BCUT2D eigenvalue weighted by Crippen LogP contribution is 2.29. The van der Waals surface area contributed by atoms with Crippen molar-refractivity contribution in [3.8, 4) is 17.2 Å². The predicted molar refractivity (Wildman–Crippen MR) is 126 cm³/mol. The first kappa shape index (κ1) is 22.6. The van der Waals surface area contributed by atoms with Gasteiger partial charge in [-0.3, -0.25) is 9.78 Å². The lowest BCUT2D eigenvalue weighted by molar-refractivity contribution is 0.170. The summed E-state index contributed by atoms with van der Waals surface area (Å²) in [4.78, 5) is 19.5. The summed E-state index contributed by atoms with van der Waals surface area (Å²) >= 11 is 0. The standard InChI is InChI=1S/C25H29FN4O4/c1-32-22-14-25(31)30(21-12-17(26)2-3-20(21)22)9-8-29-6-4-18(5-7-29)27-15-19-13-23-24(16-28-19)34-11-10-33-23/h2-3,12-14,16,18,27H,4-11,15H2,1H3. The fourth-order valence-electron chi connectivity index (χ4n) is 4.66. The van der Waals surface area contributed by atoms with Gasteiger partial charge in [0.2, 0.25) is 0 Å². The molecule has 34 heavy (non-hydrogen) atoms. The van der Waals surface area contributed by atoms with E-state index in [9.17, 15) is 9.18 Å². The molecular weight excluding hydrogens is 439 g/mol. The van der Waals surface area contributed by atoms with E-state index in [-0.39, 0.29) is 11.4 Å². The van der Waals surface area contributed by atoms with E-state index in [4.69, 9.17) is 14.2 Å². The molecule has 0 amide bonds. The fraction of sp³-hybridized carbons (Fsp3) is 0.440. The van der Waals surface area contributed by atoms with Crippen molar-refractivity contribution in [2.24, 2.45) is 0 Å². The van der Waals surface area contributed by atoms with Gasteiger partial charge in [-0.25, -0.2) is 4.39 Å². The van der Waals surface area contributed by atoms with Gasteiger partial charge >= 0.3 is 0 Å². The minimum Gasteiger partial charge on any atom is -0.496 e. The molecule has 1 N–H and O–H groups in total. The third-order valence-electron chi connectivity index (χ3n) is 6.54. The summed E-state index contributed by atoms with van der Waals surface area (Å²) in [6.45, 7) is 4.91. The second-order valence-corrected chi connectivity index (χ2v) is 8.68. The zero-order valence-corrected chi connectivity index (χ0v) is 19.3. The van der Waals surface area contributed by atoms with Crippen LogP contribution in [0, 0.1) is 5.82 Å². The van der Waals surface area contributed by atoms with Gasteiger partial charge < -0.3 is 29.0 Å². The van der Waals surface area contributed by atoms with Crippen molar-refractivity contribution in [3.63, 3.8) is 0 Å². The minimum atomic E-state index is -0.367. The Morgan fingerprint density at radius 3 is 2.71 bits per heavy atom. The van der Waals surface area contributed by atoms with Crippen molar-refractivity contribution in [2.75, 3.05) is 40.0 Å². The number of nitrogens with zero attached hydrogens (tertiary/aromatic N) is 3. The van der Waals surface area contributed by atoms with Crippen LogP contribution in [-0.2, 0) is 13.1 Å². The van der Waals surface area contributed by atoms with Crippen LogP contribution in [0.15, 0.2) is 41.3 Å². The van der Waals surface area contributed by atoms with E-state index in [0.29, 0.717) is 49.4 Å². The summed E-state index contributed by atoms with van der Waals surface area (Å²) < 4.78 is 32.0. The summed E-state index contributed by atoms with van der Waals surface area (Å²) in [5.41, 5.74) is 1.32. The van der Waals surface area contributed by atoms with E-state index < -0.39 is 0 Å². The van der Waals surface area contributed by atoms with Gasteiger partial charge in [0, 0.05) is 43.2 Å². The van der Waals surface area contributed by atoms with Crippen LogP contribution in [0.5, 0.6) is 17.2 Å². The SMILES string of the molecule is COc1cc(=O)n(CCN2CCC(NCc3cc4c(cn3)OCCO4)CC2)c2cc(F)ccc12. The molecule has 2 aliphatic rings. The number of fused-ring (bicyclic) bond motifs is 2. The van der Waals surface area contributed by atoms with Gasteiger partial charge in [-0.2, -0.15) is 0 Å². The number of hydrogen-bond donors (Lipinski definition) is 1. The summed E-state index contributed by atoms with van der Waals surface area (Å²) in [5, 5.41) is 4.33. The lowest BCUT2D eigenvalue weighted by atomic mass is 10.0. The molecular formula is C25H29FN4O4. The summed E-state index contributed by atoms with van der Waals surface area (Å²) in [5.74, 6) is 1.56. The van der Waals surface area contributed by atoms with Gasteiger partial charge in [0.15, 0.2) is 11.5 Å². The molecule has 0 spiro atoms. The van der Waals surface area contributed by atoms with Crippen LogP contribution >= 0.6 is 0 Å². The average molecular weight is 469 g/mol. The zero-order valence-electron chi connectivity index (χ0n) is 19.3. The first-order valence-corrected chi connectivity index (χ1v) is 11.7. The van der Waals surface area contributed by atoms with Gasteiger partial charge in [0.05, 0.1) is 24.5 Å². The molecule has 1 saturated heterocycles. The van der Waals surface area contributed by atoms with Crippen molar-refractivity contribution < 1.29 is 18.6 Å². The molecule has 2 aromatic heterocycles. The molecule has 3 aromatic rings. The normalized spacial score (nSPS) is 16.6. The lowest BCUT2D eigenvalue weighted by Crippen LogP contribution is -2.43. The van der Waals surface area contributed by atoms with Gasteiger partial charge in [-0.05, 0) is 44.1 Å². The Bertz CT molecular complexity index is 1220. The maximum Gasteiger partial charge on any atom is 0.254 e. The molecule has 8 nitrogen and oxygen atoms in total. The Hall–Kier alpha value is -3.17. The molecule has 5 rings (SSSR count). The van der Waals surface area contributed by atoms with Gasteiger partial charge in [0.1, 0.15) is 24.8 Å². The zero-order chi connectivity index (χ0) is 23.5. The van der Waals surface area contributed by atoms with Crippen LogP contribution in [-0.4, -0.2) is 60.5 Å². The van der Waals surface area contributed by atoms with Crippen LogP contribution in [0.1, 0.15) is 18.5 Å². The maximum atomic E-state index is 13.9. The topological polar surface area (TPSA) is 77.9 Å². The number of pyridine rings is 2. The summed E-state index contributed by atoms with van der Waals surface area (Å²) in [7, 11) is 1.52. The van der Waals surface area contributed by atoms with Crippen molar-refractivity contribution in [1.29, 1.82) is 0 Å². The monoisotopic (exact) mass is 468 g/mol. The molecule has 0 saturated carbocycles. The van der Waals surface area contributed by atoms with E-state index in [1.807, 2.05) is 6.07 Å². The van der Waals surface area contributed by atoms with E-state index in [0.717, 1.165) is 49.3 Å². The molecule has 0 aliphatic carbocycles. The van der Waals surface area contributed by atoms with Crippen molar-refractivity contribution in [1.82, 2.24) is 19.8 Å². The van der Waals surface area contributed by atoms with Gasteiger partial charge in [-0.15, -0.1) is 0 Å². The third kappa shape index (κ3) is 4.85. The lowest BCUT2D eigenvalue weighted by Gasteiger charge is -2.32. The molecule has 0 unspecified atom stereocenters. The smallest absolute Gasteiger partial charge is 0.254 e. The number of likely N-dealkylation sites (tertiary alicyclic amines) is 1. The van der Waals surface area contributed by atoms with Crippen molar-refractivity contribution >= 4 is 10.9 Å². The molecule has 0 radical (unpaired) electrons. The highest BCUT2D eigenvalue weighted by Gasteiger charge is 2.20. The largest absolute Gasteiger partial charge is 0.496 e. The number of aromatic nitrogens is 2. The molecule has 0 bridgehead atoms. The van der Waals surface area contributed by atoms with Crippen LogP contribution in [0.4, 0.5) is 4.39 Å². The second kappa shape index (κ2) is 9.99. The molecule has 1 aromatic carbocycles. The number of rotatable bonds is 7. The Kier molecular flexibility index (Phi) is 6.64. The van der Waals surface area contributed by atoms with Crippen LogP contribution in [0.3, 0.4) is 0 Å². The first-order valence-electron chi connectivity index (χ1n) is 11.7. The van der Waals surface area contributed by atoms with E-state index >= 15 is 0 Å². The first-order chi connectivity index (χ1) is 16.6. The number of piperidine rings is 1. The maximum absolute atomic E-state index is 13.9. The highest BCUT2D eigenvalue weighted by atomic mass is 19.1. The molecule has 9 heteroatoms. The Labute approximate surface area is 197 Å². The average Bonchev–Trinajstić information content (AvgIpc) is 2.87. The van der Waals surface area contributed by atoms with Gasteiger partial charge in [0.25, 0.3) is 5.56 Å². The second-order valence-electron chi connectivity index (χ2n) is 8.68. The molecule has 1 fully saturated rings. The Morgan fingerprint density at radius 2 is 1.91 bits per heavy atom. The van der Waals surface area contributed by atoms with E-state index in [2.05, 4.69) is 15.2 Å². The fourth-order valence-corrected chi connectivity index (χ4v) is 4.66. The van der Waals surface area contributed by atoms with Crippen molar-refractivity contribution in [3.05, 3.63) is 58.4 Å². The van der Waals surface area contributed by atoms with Crippen LogP contribution in [0.2, 0.25) is 0 Å². The quantitative estimate of drug-likeness (QED) is 0.571. The number of benzene rings is 1. The Morgan fingerprint density at radius 1 is 1.12 bits per heavy atom. The molecule has 0 atom stereocenters. The highest BCUT2D eigenvalue weighted by molar-refractivity contribution is 5.85. The van der Waals surface area contributed by atoms with Crippen LogP contribution in [0.25, 0.3) is 10.9 Å². The van der Waals surface area contributed by atoms with E-state index in [1.54, 1.807) is 16.8 Å². The molecule has 4 heterocycles. The van der Waals surface area contributed by atoms with Crippen LogP contribution < -0.4 is 25.1 Å². The molecule has 2 aliphatic heterocycles. The minimum absolute atomic E-state index is 0.182. The number of halogens is 1. The van der Waals surface area contributed by atoms with Gasteiger partial charge in [-0.1, -0.05) is 0 Å². The predicted octanol–water partition coefficient (Wildman–Crippen LogP) is 2.57. The van der Waals surface area contributed by atoms with E-state index in [1.165, 1.54) is 25.3 Å². The van der Waals surface area contributed by atoms with Crippen molar-refractivity contribution in [2.45, 2.75) is 32.0 Å².